The van der Waals surface area contributed by atoms with Crippen LogP contribution in [0.5, 0.6) is 5.75 Å². The Bertz CT molecular complexity index is 948. The summed E-state index contributed by atoms with van der Waals surface area (Å²) in [5, 5.41) is 4.56. The smallest absolute Gasteiger partial charge is 0.253 e. The van der Waals surface area contributed by atoms with Crippen molar-refractivity contribution in [1.82, 2.24) is 14.7 Å². The van der Waals surface area contributed by atoms with Crippen LogP contribution in [-0.2, 0) is 16.4 Å². The van der Waals surface area contributed by atoms with Gasteiger partial charge >= 0.3 is 0 Å². The summed E-state index contributed by atoms with van der Waals surface area (Å²) in [6, 6.07) is 6.88. The molecule has 8 heteroatoms. The Hall–Kier alpha value is -2.35. The normalized spacial score (nSPS) is 18.4. The molecule has 2 heterocycles. The van der Waals surface area contributed by atoms with Gasteiger partial charge in [0.05, 0.1) is 30.4 Å². The molecular formula is C19H25N3O4S. The molecular weight excluding hydrogens is 366 g/mol. The van der Waals surface area contributed by atoms with Crippen LogP contribution in [0.1, 0.15) is 39.8 Å². The third kappa shape index (κ3) is 4.00. The largest absolute Gasteiger partial charge is 0.497 e. The van der Waals surface area contributed by atoms with Crippen molar-refractivity contribution in [3.8, 4) is 5.75 Å². The number of aryl methyl sites for hydroxylation is 1. The molecule has 3 rings (SSSR count). The molecule has 2 aromatic rings. The highest BCUT2D eigenvalue weighted by Crippen LogP contribution is 2.27. The lowest BCUT2D eigenvalue weighted by Gasteiger charge is -2.18. The number of ether oxygens (including phenoxy) is 1. The van der Waals surface area contributed by atoms with Gasteiger partial charge in [-0.3, -0.25) is 9.48 Å². The lowest BCUT2D eigenvalue weighted by molar-refractivity contribution is 0.0784. The first kappa shape index (κ1) is 19.4. The summed E-state index contributed by atoms with van der Waals surface area (Å²) >= 11 is 0. The monoisotopic (exact) mass is 391 g/mol. The van der Waals surface area contributed by atoms with Gasteiger partial charge in [0.25, 0.3) is 5.91 Å². The maximum Gasteiger partial charge on any atom is 0.253 e. The molecule has 0 radical (unpaired) electrons. The Morgan fingerprint density at radius 1 is 1.30 bits per heavy atom. The van der Waals surface area contributed by atoms with Gasteiger partial charge in [-0.25, -0.2) is 8.42 Å². The van der Waals surface area contributed by atoms with E-state index in [1.54, 1.807) is 43.3 Å². The average molecular weight is 391 g/mol. The number of hydrogen-bond donors (Lipinski definition) is 0. The Kier molecular flexibility index (Phi) is 5.28. The SMILES string of the molecule is COc1ccc(C(=O)N(C)Cc2c(C)nn([C@H]3CCS(=O)(=O)C3)c2C)cc1. The summed E-state index contributed by atoms with van der Waals surface area (Å²) in [4.78, 5) is 14.3. The number of rotatable bonds is 5. The zero-order valence-electron chi connectivity index (χ0n) is 16.1. The summed E-state index contributed by atoms with van der Waals surface area (Å²) in [7, 11) is 0.360. The Morgan fingerprint density at radius 2 is 1.96 bits per heavy atom. The third-order valence-corrected chi connectivity index (χ3v) is 6.86. The molecule has 0 N–H and O–H groups in total. The van der Waals surface area contributed by atoms with Crippen LogP contribution in [0.25, 0.3) is 0 Å². The molecule has 1 aliphatic heterocycles. The lowest BCUT2D eigenvalue weighted by Crippen LogP contribution is -2.26. The van der Waals surface area contributed by atoms with Crippen molar-refractivity contribution in [2.24, 2.45) is 0 Å². The fourth-order valence-corrected chi connectivity index (χ4v) is 5.20. The van der Waals surface area contributed by atoms with E-state index in [4.69, 9.17) is 4.74 Å². The molecule has 1 atom stereocenters. The van der Waals surface area contributed by atoms with E-state index in [9.17, 15) is 13.2 Å². The molecule has 1 aromatic heterocycles. The molecule has 0 bridgehead atoms. The molecule has 27 heavy (non-hydrogen) atoms. The molecule has 0 saturated carbocycles. The second-order valence-corrected chi connectivity index (χ2v) is 9.27. The molecule has 0 aliphatic carbocycles. The second-order valence-electron chi connectivity index (χ2n) is 7.04. The van der Waals surface area contributed by atoms with Crippen LogP contribution in [0, 0.1) is 13.8 Å². The predicted octanol–water partition coefficient (Wildman–Crippen LogP) is 2.14. The summed E-state index contributed by atoms with van der Waals surface area (Å²) in [6.07, 6.45) is 0.588. The van der Waals surface area contributed by atoms with Gasteiger partial charge in [0.15, 0.2) is 9.84 Å². The van der Waals surface area contributed by atoms with Crippen molar-refractivity contribution in [1.29, 1.82) is 0 Å². The maximum absolute atomic E-state index is 12.7. The van der Waals surface area contributed by atoms with Gasteiger partial charge < -0.3 is 9.64 Å². The molecule has 1 aliphatic rings. The van der Waals surface area contributed by atoms with Crippen molar-refractivity contribution >= 4 is 15.7 Å². The van der Waals surface area contributed by atoms with E-state index < -0.39 is 9.84 Å². The fraction of sp³-hybridized carbons (Fsp3) is 0.474. The van der Waals surface area contributed by atoms with Crippen LogP contribution in [0.2, 0.25) is 0 Å². The molecule has 0 spiro atoms. The zero-order chi connectivity index (χ0) is 19.8. The predicted molar refractivity (Wildman–Crippen MR) is 103 cm³/mol. The number of amides is 1. The standard InChI is InChI=1S/C19H25N3O4S/c1-13-18(14(2)22(20-13)16-9-10-27(24,25)12-16)11-21(3)19(23)15-5-7-17(26-4)8-6-15/h5-8,16H,9-12H2,1-4H3/t16-/m0/s1. The molecule has 0 unspecified atom stereocenters. The number of nitrogens with zero attached hydrogens (tertiary/aromatic N) is 3. The van der Waals surface area contributed by atoms with Gasteiger partial charge in [-0.2, -0.15) is 5.10 Å². The zero-order valence-corrected chi connectivity index (χ0v) is 16.9. The van der Waals surface area contributed by atoms with Crippen LogP contribution in [0.4, 0.5) is 0 Å². The number of hydrogen-bond acceptors (Lipinski definition) is 5. The van der Waals surface area contributed by atoms with E-state index in [-0.39, 0.29) is 23.5 Å². The van der Waals surface area contributed by atoms with Crippen molar-refractivity contribution in [2.75, 3.05) is 25.7 Å². The quantitative estimate of drug-likeness (QED) is 0.780. The van der Waals surface area contributed by atoms with Gasteiger partial charge in [0, 0.05) is 30.4 Å². The van der Waals surface area contributed by atoms with Gasteiger partial charge in [-0.1, -0.05) is 0 Å². The number of methoxy groups -OCH3 is 1. The molecule has 1 amide bonds. The maximum atomic E-state index is 12.7. The van der Waals surface area contributed by atoms with Gasteiger partial charge in [-0.15, -0.1) is 0 Å². The number of aromatic nitrogens is 2. The van der Waals surface area contributed by atoms with E-state index in [2.05, 4.69) is 5.10 Å². The highest BCUT2D eigenvalue weighted by Gasteiger charge is 2.31. The minimum Gasteiger partial charge on any atom is -0.497 e. The van der Waals surface area contributed by atoms with Crippen LogP contribution in [0.3, 0.4) is 0 Å². The lowest BCUT2D eigenvalue weighted by atomic mass is 10.1. The summed E-state index contributed by atoms with van der Waals surface area (Å²) in [6.45, 7) is 4.25. The first-order valence-electron chi connectivity index (χ1n) is 8.86. The van der Waals surface area contributed by atoms with E-state index in [0.29, 0.717) is 24.3 Å². The number of sulfone groups is 1. The number of benzene rings is 1. The molecule has 1 aromatic carbocycles. The van der Waals surface area contributed by atoms with E-state index in [1.165, 1.54) is 0 Å². The minimum absolute atomic E-state index is 0.0901. The molecule has 1 fully saturated rings. The van der Waals surface area contributed by atoms with Crippen molar-refractivity contribution < 1.29 is 17.9 Å². The van der Waals surface area contributed by atoms with Crippen molar-refractivity contribution in [3.63, 3.8) is 0 Å². The third-order valence-electron chi connectivity index (χ3n) is 5.11. The fourth-order valence-electron chi connectivity index (χ4n) is 3.51. The van der Waals surface area contributed by atoms with E-state index in [1.807, 2.05) is 18.5 Å². The minimum atomic E-state index is -2.98. The summed E-state index contributed by atoms with van der Waals surface area (Å²) in [5.74, 6) is 0.956. The number of carbonyl (C=O) groups is 1. The Balaban J connectivity index is 1.77. The molecule has 146 valence electrons. The Morgan fingerprint density at radius 3 is 2.52 bits per heavy atom. The van der Waals surface area contributed by atoms with Gasteiger partial charge in [0.1, 0.15) is 5.75 Å². The highest BCUT2D eigenvalue weighted by molar-refractivity contribution is 7.91. The van der Waals surface area contributed by atoms with E-state index >= 15 is 0 Å². The first-order valence-corrected chi connectivity index (χ1v) is 10.7. The van der Waals surface area contributed by atoms with Crippen LogP contribution in [-0.4, -0.2) is 54.7 Å². The topological polar surface area (TPSA) is 81.5 Å². The van der Waals surface area contributed by atoms with Crippen molar-refractivity contribution in [3.05, 3.63) is 46.8 Å². The number of carbonyl (C=O) groups excluding carboxylic acids is 1. The van der Waals surface area contributed by atoms with Gasteiger partial charge in [0.2, 0.25) is 0 Å². The molecule has 7 nitrogen and oxygen atoms in total. The average Bonchev–Trinajstić information content (AvgIpc) is 3.14. The summed E-state index contributed by atoms with van der Waals surface area (Å²) in [5.41, 5.74) is 3.29. The highest BCUT2D eigenvalue weighted by atomic mass is 32.2. The second kappa shape index (κ2) is 7.34. The Labute approximate surface area is 159 Å². The first-order chi connectivity index (χ1) is 12.7. The molecule has 1 saturated heterocycles. The van der Waals surface area contributed by atoms with Crippen LogP contribution >= 0.6 is 0 Å². The van der Waals surface area contributed by atoms with Gasteiger partial charge in [-0.05, 0) is 44.5 Å². The van der Waals surface area contributed by atoms with E-state index in [0.717, 1.165) is 17.0 Å². The summed E-state index contributed by atoms with van der Waals surface area (Å²) < 4.78 is 30.5. The van der Waals surface area contributed by atoms with Crippen molar-refractivity contribution in [2.45, 2.75) is 32.9 Å². The van der Waals surface area contributed by atoms with Crippen LogP contribution in [0.15, 0.2) is 24.3 Å². The van der Waals surface area contributed by atoms with Crippen LogP contribution < -0.4 is 4.74 Å².